The van der Waals surface area contributed by atoms with Crippen LogP contribution in [0.4, 0.5) is 4.39 Å². The molecule has 0 aliphatic rings. The highest BCUT2D eigenvalue weighted by molar-refractivity contribution is 9.10. The molecule has 0 aliphatic heterocycles. The highest BCUT2D eigenvalue weighted by Crippen LogP contribution is 2.19. The monoisotopic (exact) mass is 313 g/mol. The second-order valence-corrected chi connectivity index (χ2v) is 5.31. The Balaban J connectivity index is 2.01. The molecule has 1 aromatic heterocycles. The van der Waals surface area contributed by atoms with Crippen molar-refractivity contribution in [1.29, 1.82) is 0 Å². The molecule has 0 unspecified atom stereocenters. The van der Waals surface area contributed by atoms with Crippen molar-refractivity contribution in [3.63, 3.8) is 0 Å². The van der Waals surface area contributed by atoms with E-state index in [2.05, 4.69) is 21.2 Å². The molecule has 0 spiro atoms. The number of halogens is 2. The quantitative estimate of drug-likeness (QED) is 0.922. The smallest absolute Gasteiger partial charge is 0.254 e. The number of carbonyl (C=O) groups is 1. The lowest BCUT2D eigenvalue weighted by Gasteiger charge is -2.04. The lowest BCUT2D eigenvalue weighted by molar-refractivity contribution is 0.0947. The van der Waals surface area contributed by atoms with E-state index in [1.807, 2.05) is 11.4 Å². The minimum atomic E-state index is -0.502. The number of thiophene rings is 1. The molecule has 0 saturated heterocycles. The van der Waals surface area contributed by atoms with Gasteiger partial charge in [0.1, 0.15) is 5.82 Å². The van der Waals surface area contributed by atoms with Crippen LogP contribution in [-0.2, 0) is 6.54 Å². The second kappa shape index (κ2) is 5.42. The van der Waals surface area contributed by atoms with Crippen LogP contribution in [0.15, 0.2) is 40.2 Å². The molecule has 0 atom stereocenters. The lowest BCUT2D eigenvalue weighted by atomic mass is 10.2. The van der Waals surface area contributed by atoms with E-state index in [4.69, 9.17) is 0 Å². The van der Waals surface area contributed by atoms with Gasteiger partial charge < -0.3 is 5.32 Å². The summed E-state index contributed by atoms with van der Waals surface area (Å²) in [5, 5.41) is 4.62. The van der Waals surface area contributed by atoms with Crippen LogP contribution in [0.3, 0.4) is 0 Å². The molecule has 1 N–H and O–H groups in total. The highest BCUT2D eigenvalue weighted by atomic mass is 79.9. The zero-order valence-corrected chi connectivity index (χ0v) is 11.1. The van der Waals surface area contributed by atoms with E-state index in [9.17, 15) is 9.18 Å². The second-order valence-electron chi connectivity index (χ2n) is 3.39. The molecule has 0 aliphatic carbocycles. The average Bonchev–Trinajstić information content (AvgIpc) is 2.73. The third-order valence-corrected chi connectivity index (χ3v) is 3.86. The zero-order valence-electron chi connectivity index (χ0n) is 8.74. The Labute approximate surface area is 111 Å². The summed E-state index contributed by atoms with van der Waals surface area (Å²) in [5.74, 6) is -0.898. The standard InChI is InChI=1S/C12H9BrFNOS/c13-8-5-9(17-7-8)6-15-12(16)10-3-1-2-4-11(10)14/h1-5,7H,6H2,(H,15,16). The molecule has 2 rings (SSSR count). The van der Waals surface area contributed by atoms with Crippen molar-refractivity contribution in [2.45, 2.75) is 6.54 Å². The van der Waals surface area contributed by atoms with Gasteiger partial charge in [-0.1, -0.05) is 12.1 Å². The van der Waals surface area contributed by atoms with E-state index >= 15 is 0 Å². The van der Waals surface area contributed by atoms with Crippen LogP contribution in [-0.4, -0.2) is 5.91 Å². The molecule has 0 bridgehead atoms. The maximum absolute atomic E-state index is 13.3. The number of carbonyl (C=O) groups excluding carboxylic acids is 1. The van der Waals surface area contributed by atoms with Crippen molar-refractivity contribution < 1.29 is 9.18 Å². The SMILES string of the molecule is O=C(NCc1cc(Br)cs1)c1ccccc1F. The van der Waals surface area contributed by atoms with Gasteiger partial charge in [-0.15, -0.1) is 11.3 Å². The fourth-order valence-corrected chi connectivity index (χ4v) is 2.75. The number of amides is 1. The third kappa shape index (κ3) is 3.14. The van der Waals surface area contributed by atoms with Gasteiger partial charge in [0.15, 0.2) is 0 Å². The lowest BCUT2D eigenvalue weighted by Crippen LogP contribution is -2.23. The number of rotatable bonds is 3. The van der Waals surface area contributed by atoms with Gasteiger partial charge in [0.25, 0.3) is 5.91 Å². The normalized spacial score (nSPS) is 10.2. The Bertz CT molecular complexity index is 541. The zero-order chi connectivity index (χ0) is 12.3. The number of hydrogen-bond acceptors (Lipinski definition) is 2. The maximum Gasteiger partial charge on any atom is 0.254 e. The summed E-state index contributed by atoms with van der Waals surface area (Å²) in [5.41, 5.74) is 0.0723. The molecule has 2 nitrogen and oxygen atoms in total. The molecular formula is C12H9BrFNOS. The van der Waals surface area contributed by atoms with Crippen molar-refractivity contribution in [3.05, 3.63) is 56.4 Å². The van der Waals surface area contributed by atoms with E-state index < -0.39 is 11.7 Å². The summed E-state index contributed by atoms with van der Waals surface area (Å²) >= 11 is 4.87. The molecule has 0 radical (unpaired) electrons. The van der Waals surface area contributed by atoms with Gasteiger partial charge >= 0.3 is 0 Å². The van der Waals surface area contributed by atoms with Crippen LogP contribution in [0.25, 0.3) is 0 Å². The molecule has 17 heavy (non-hydrogen) atoms. The topological polar surface area (TPSA) is 29.1 Å². The minimum Gasteiger partial charge on any atom is -0.347 e. The largest absolute Gasteiger partial charge is 0.347 e. The first-order valence-corrected chi connectivity index (χ1v) is 6.60. The summed E-state index contributed by atoms with van der Waals surface area (Å²) in [6, 6.07) is 7.86. The summed E-state index contributed by atoms with van der Waals surface area (Å²) < 4.78 is 14.3. The maximum atomic E-state index is 13.3. The Hall–Kier alpha value is -1.20. The predicted molar refractivity (Wildman–Crippen MR) is 69.6 cm³/mol. The highest BCUT2D eigenvalue weighted by Gasteiger charge is 2.10. The van der Waals surface area contributed by atoms with Crippen LogP contribution in [0, 0.1) is 5.82 Å². The fourth-order valence-electron chi connectivity index (χ4n) is 1.35. The molecule has 1 amide bonds. The van der Waals surface area contributed by atoms with E-state index in [0.29, 0.717) is 6.54 Å². The van der Waals surface area contributed by atoms with Gasteiger partial charge in [-0.05, 0) is 34.1 Å². The van der Waals surface area contributed by atoms with Gasteiger partial charge in [0.05, 0.1) is 12.1 Å². The van der Waals surface area contributed by atoms with Gasteiger partial charge in [0.2, 0.25) is 0 Å². The van der Waals surface area contributed by atoms with Crippen molar-refractivity contribution in [2.24, 2.45) is 0 Å². The van der Waals surface area contributed by atoms with Gasteiger partial charge in [-0.2, -0.15) is 0 Å². The number of hydrogen-bond donors (Lipinski definition) is 1. The molecular weight excluding hydrogens is 305 g/mol. The predicted octanol–water partition coefficient (Wildman–Crippen LogP) is 3.58. The molecule has 1 aromatic carbocycles. The Kier molecular flexibility index (Phi) is 3.91. The molecule has 88 valence electrons. The van der Waals surface area contributed by atoms with Crippen LogP contribution in [0.2, 0.25) is 0 Å². The van der Waals surface area contributed by atoms with E-state index in [1.165, 1.54) is 23.5 Å². The van der Waals surface area contributed by atoms with E-state index in [0.717, 1.165) is 9.35 Å². The molecule has 0 saturated carbocycles. The fraction of sp³-hybridized carbons (Fsp3) is 0.0833. The third-order valence-electron chi connectivity index (χ3n) is 2.16. The van der Waals surface area contributed by atoms with Crippen molar-refractivity contribution in [2.75, 3.05) is 0 Å². The van der Waals surface area contributed by atoms with Gasteiger partial charge in [-0.3, -0.25) is 4.79 Å². The minimum absolute atomic E-state index is 0.0723. The van der Waals surface area contributed by atoms with Gasteiger partial charge in [-0.25, -0.2) is 4.39 Å². The molecule has 2 aromatic rings. The summed E-state index contributed by atoms with van der Waals surface area (Å²) in [4.78, 5) is 12.7. The molecule has 1 heterocycles. The van der Waals surface area contributed by atoms with Crippen LogP contribution >= 0.6 is 27.3 Å². The van der Waals surface area contributed by atoms with Crippen molar-refractivity contribution >= 4 is 33.2 Å². The van der Waals surface area contributed by atoms with E-state index in [-0.39, 0.29) is 5.56 Å². The summed E-state index contributed by atoms with van der Waals surface area (Å²) in [6.07, 6.45) is 0. The van der Waals surface area contributed by atoms with Crippen molar-refractivity contribution in [1.82, 2.24) is 5.32 Å². The Morgan fingerprint density at radius 1 is 1.41 bits per heavy atom. The number of nitrogens with one attached hydrogen (secondary N) is 1. The van der Waals surface area contributed by atoms with Crippen LogP contribution in [0.5, 0.6) is 0 Å². The van der Waals surface area contributed by atoms with Crippen molar-refractivity contribution in [3.8, 4) is 0 Å². The first-order chi connectivity index (χ1) is 8.16. The van der Waals surface area contributed by atoms with Gasteiger partial charge in [0, 0.05) is 14.7 Å². The summed E-state index contributed by atoms with van der Waals surface area (Å²) in [7, 11) is 0. The van der Waals surface area contributed by atoms with Crippen LogP contribution < -0.4 is 5.32 Å². The van der Waals surface area contributed by atoms with E-state index in [1.54, 1.807) is 12.1 Å². The Morgan fingerprint density at radius 3 is 2.82 bits per heavy atom. The summed E-state index contributed by atoms with van der Waals surface area (Å²) in [6.45, 7) is 0.406. The number of benzene rings is 1. The average molecular weight is 314 g/mol. The molecule has 5 heteroatoms. The first kappa shape index (κ1) is 12.3. The first-order valence-electron chi connectivity index (χ1n) is 4.92. The van der Waals surface area contributed by atoms with Crippen LogP contribution in [0.1, 0.15) is 15.2 Å². The Morgan fingerprint density at radius 2 is 2.18 bits per heavy atom. The molecule has 0 fully saturated rings.